The number of carboxylic acids is 1. The number of hydrogen-bond acceptors (Lipinski definition) is 5. The number of carbonyl (C=O) groups excluding carboxylic acids is 3. The van der Waals surface area contributed by atoms with Gasteiger partial charge in [0.25, 0.3) is 11.8 Å². The molecule has 0 aromatic heterocycles. The molecule has 0 aliphatic carbocycles. The van der Waals surface area contributed by atoms with Crippen molar-refractivity contribution in [1.29, 1.82) is 0 Å². The molecular formula is C20H18N2O5S. The highest BCUT2D eigenvalue weighted by Gasteiger charge is 2.42. The van der Waals surface area contributed by atoms with E-state index in [0.29, 0.717) is 5.75 Å². The van der Waals surface area contributed by atoms with Crippen LogP contribution in [0.3, 0.4) is 0 Å². The average Bonchev–Trinajstić information content (AvgIpc) is 2.94. The van der Waals surface area contributed by atoms with E-state index in [4.69, 9.17) is 5.11 Å². The summed E-state index contributed by atoms with van der Waals surface area (Å²) in [5.41, 5.74) is 0.875. The van der Waals surface area contributed by atoms with Crippen molar-refractivity contribution >= 4 is 41.1 Å². The molecule has 28 heavy (non-hydrogen) atoms. The first-order chi connectivity index (χ1) is 13.4. The molecule has 3 rings (SSSR count). The molecule has 0 saturated carbocycles. The van der Waals surface area contributed by atoms with Crippen molar-refractivity contribution in [2.24, 2.45) is 0 Å². The molecule has 2 aromatic carbocycles. The van der Waals surface area contributed by atoms with Gasteiger partial charge in [-0.3, -0.25) is 19.3 Å². The van der Waals surface area contributed by atoms with Crippen molar-refractivity contribution in [3.05, 3.63) is 65.2 Å². The molecule has 8 heteroatoms. The third-order valence-electron chi connectivity index (χ3n) is 4.41. The van der Waals surface area contributed by atoms with E-state index in [9.17, 15) is 19.2 Å². The number of nitrogens with zero attached hydrogens (tertiary/aromatic N) is 1. The maximum absolute atomic E-state index is 12.9. The molecule has 7 nitrogen and oxygen atoms in total. The lowest BCUT2D eigenvalue weighted by atomic mass is 10.1. The average molecular weight is 398 g/mol. The number of amides is 3. The van der Waals surface area contributed by atoms with Gasteiger partial charge in [0.1, 0.15) is 6.04 Å². The van der Waals surface area contributed by atoms with Gasteiger partial charge < -0.3 is 10.4 Å². The van der Waals surface area contributed by atoms with Crippen LogP contribution in [-0.4, -0.2) is 51.7 Å². The second-order valence-corrected chi connectivity index (χ2v) is 7.18. The summed E-state index contributed by atoms with van der Waals surface area (Å²) >= 11 is 1.50. The molecule has 0 unspecified atom stereocenters. The summed E-state index contributed by atoms with van der Waals surface area (Å²) in [4.78, 5) is 50.5. The maximum Gasteiger partial charge on any atom is 0.335 e. The van der Waals surface area contributed by atoms with Gasteiger partial charge in [-0.05, 0) is 48.8 Å². The summed E-state index contributed by atoms with van der Waals surface area (Å²) in [7, 11) is 0. The molecule has 144 valence electrons. The van der Waals surface area contributed by atoms with E-state index in [0.717, 1.165) is 4.90 Å². The number of carbonyl (C=O) groups is 4. The van der Waals surface area contributed by atoms with Crippen molar-refractivity contribution in [2.75, 3.05) is 17.3 Å². The van der Waals surface area contributed by atoms with Crippen molar-refractivity contribution in [1.82, 2.24) is 4.90 Å². The summed E-state index contributed by atoms with van der Waals surface area (Å²) in [5, 5.41) is 11.7. The van der Waals surface area contributed by atoms with Gasteiger partial charge in [0, 0.05) is 5.69 Å². The van der Waals surface area contributed by atoms with Crippen molar-refractivity contribution in [3.63, 3.8) is 0 Å². The van der Waals surface area contributed by atoms with Crippen LogP contribution in [-0.2, 0) is 4.79 Å². The van der Waals surface area contributed by atoms with E-state index in [-0.39, 0.29) is 28.8 Å². The second kappa shape index (κ2) is 8.26. The van der Waals surface area contributed by atoms with Crippen LogP contribution in [0, 0.1) is 0 Å². The fourth-order valence-corrected chi connectivity index (χ4v) is 3.51. The van der Waals surface area contributed by atoms with Crippen LogP contribution in [0.1, 0.15) is 37.5 Å². The molecule has 3 amide bonds. The Morgan fingerprint density at radius 2 is 1.71 bits per heavy atom. The number of imide groups is 1. The molecule has 0 saturated heterocycles. The first kappa shape index (κ1) is 19.6. The Morgan fingerprint density at radius 3 is 2.29 bits per heavy atom. The van der Waals surface area contributed by atoms with Crippen molar-refractivity contribution in [2.45, 2.75) is 12.5 Å². The maximum atomic E-state index is 12.9. The van der Waals surface area contributed by atoms with Crippen LogP contribution in [0.25, 0.3) is 0 Å². The number of rotatable bonds is 7. The highest BCUT2D eigenvalue weighted by molar-refractivity contribution is 7.98. The number of benzene rings is 2. The van der Waals surface area contributed by atoms with Crippen LogP contribution in [0.2, 0.25) is 0 Å². The molecule has 0 radical (unpaired) electrons. The lowest BCUT2D eigenvalue weighted by molar-refractivity contribution is -0.120. The fourth-order valence-electron chi connectivity index (χ4n) is 3.05. The SMILES string of the molecule is CSCC[C@H](C(=O)Nc1cccc(C(=O)O)c1)N1C(=O)c2ccccc2C1=O. The first-order valence-electron chi connectivity index (χ1n) is 8.54. The predicted molar refractivity (Wildman–Crippen MR) is 106 cm³/mol. The molecule has 1 aliphatic rings. The largest absolute Gasteiger partial charge is 0.478 e. The zero-order valence-corrected chi connectivity index (χ0v) is 15.9. The number of aromatic carboxylic acids is 1. The second-order valence-electron chi connectivity index (χ2n) is 6.20. The van der Waals surface area contributed by atoms with E-state index >= 15 is 0 Å². The molecule has 1 atom stereocenters. The summed E-state index contributed by atoms with van der Waals surface area (Å²) in [6.07, 6.45) is 2.16. The fraction of sp³-hybridized carbons (Fsp3) is 0.200. The van der Waals surface area contributed by atoms with Crippen LogP contribution in [0.4, 0.5) is 5.69 Å². The van der Waals surface area contributed by atoms with E-state index in [1.807, 2.05) is 6.26 Å². The van der Waals surface area contributed by atoms with Gasteiger partial charge in [-0.1, -0.05) is 18.2 Å². The van der Waals surface area contributed by atoms with Crippen LogP contribution in [0.15, 0.2) is 48.5 Å². The number of hydrogen-bond donors (Lipinski definition) is 2. The minimum Gasteiger partial charge on any atom is -0.478 e. The van der Waals surface area contributed by atoms with E-state index in [1.54, 1.807) is 30.3 Å². The summed E-state index contributed by atoms with van der Waals surface area (Å²) in [5.74, 6) is -2.08. The molecular weight excluding hydrogens is 380 g/mol. The van der Waals surface area contributed by atoms with Gasteiger partial charge in [-0.25, -0.2) is 4.79 Å². The van der Waals surface area contributed by atoms with Gasteiger partial charge in [0.15, 0.2) is 0 Å². The number of carboxylic acid groups (broad SMARTS) is 1. The topological polar surface area (TPSA) is 104 Å². The Kier molecular flexibility index (Phi) is 5.79. The molecule has 2 N–H and O–H groups in total. The van der Waals surface area contributed by atoms with E-state index in [1.165, 1.54) is 30.0 Å². The lowest BCUT2D eigenvalue weighted by Crippen LogP contribution is -2.47. The predicted octanol–water partition coefficient (Wildman–Crippen LogP) is 2.74. The Hall–Kier alpha value is -3.13. The summed E-state index contributed by atoms with van der Waals surface area (Å²) in [6.45, 7) is 0. The molecule has 0 fully saturated rings. The Bertz CT molecular complexity index is 924. The van der Waals surface area contributed by atoms with Gasteiger partial charge in [-0.2, -0.15) is 11.8 Å². The Labute approximate surface area is 165 Å². The standard InChI is InChI=1S/C20H18N2O5S/c1-28-10-9-16(17(23)21-13-6-4-5-12(11-13)20(26)27)22-18(24)14-7-2-3-8-15(14)19(22)25/h2-8,11,16H,9-10H2,1H3,(H,21,23)(H,26,27)/t16-/m1/s1. The highest BCUT2D eigenvalue weighted by atomic mass is 32.2. The van der Waals surface area contributed by atoms with Crippen molar-refractivity contribution < 1.29 is 24.3 Å². The zero-order valence-electron chi connectivity index (χ0n) is 15.0. The number of fused-ring (bicyclic) bond motifs is 1. The van der Waals surface area contributed by atoms with Crippen LogP contribution < -0.4 is 5.32 Å². The minimum atomic E-state index is -1.12. The Balaban J connectivity index is 1.87. The lowest BCUT2D eigenvalue weighted by Gasteiger charge is -2.25. The first-order valence-corrected chi connectivity index (χ1v) is 9.93. The quantitative estimate of drug-likeness (QED) is 0.695. The number of anilines is 1. The smallest absolute Gasteiger partial charge is 0.335 e. The Morgan fingerprint density at radius 1 is 1.07 bits per heavy atom. The molecule has 0 bridgehead atoms. The third kappa shape index (κ3) is 3.77. The third-order valence-corrected chi connectivity index (χ3v) is 5.06. The molecule has 1 aliphatic heterocycles. The van der Waals surface area contributed by atoms with Gasteiger partial charge in [0.2, 0.25) is 5.91 Å². The summed E-state index contributed by atoms with van der Waals surface area (Å²) in [6, 6.07) is 11.3. The van der Waals surface area contributed by atoms with Gasteiger partial charge >= 0.3 is 5.97 Å². The molecule has 0 spiro atoms. The zero-order chi connectivity index (χ0) is 20.3. The van der Waals surface area contributed by atoms with Crippen molar-refractivity contribution in [3.8, 4) is 0 Å². The van der Waals surface area contributed by atoms with E-state index < -0.39 is 29.7 Å². The summed E-state index contributed by atoms with van der Waals surface area (Å²) < 4.78 is 0. The molecule has 1 heterocycles. The van der Waals surface area contributed by atoms with Crippen LogP contribution in [0.5, 0.6) is 0 Å². The minimum absolute atomic E-state index is 0.0270. The van der Waals surface area contributed by atoms with Crippen LogP contribution >= 0.6 is 11.8 Å². The number of nitrogens with one attached hydrogen (secondary N) is 1. The van der Waals surface area contributed by atoms with Gasteiger partial charge in [0.05, 0.1) is 16.7 Å². The van der Waals surface area contributed by atoms with Gasteiger partial charge in [-0.15, -0.1) is 0 Å². The van der Waals surface area contributed by atoms with E-state index in [2.05, 4.69) is 5.32 Å². The monoisotopic (exact) mass is 398 g/mol. The number of thioether (sulfide) groups is 1. The molecule has 2 aromatic rings. The normalized spacial score (nSPS) is 14.0. The highest BCUT2D eigenvalue weighted by Crippen LogP contribution is 2.27.